The van der Waals surface area contributed by atoms with E-state index in [1.165, 1.54) is 18.7 Å². The van der Waals surface area contributed by atoms with Crippen molar-refractivity contribution >= 4 is 123 Å². The number of amides is 17. The van der Waals surface area contributed by atoms with Gasteiger partial charge in [0.15, 0.2) is 0 Å². The number of rotatable bonds is 48. The first-order valence-electron chi connectivity index (χ1n) is 38.4. The summed E-state index contributed by atoms with van der Waals surface area (Å²) >= 11 is 0. The van der Waals surface area contributed by atoms with E-state index in [2.05, 4.69) is 68.1 Å². The minimum absolute atomic E-state index is 0.0388. The molecule has 5 rings (SSSR count). The zero-order chi connectivity index (χ0) is 89.0. The average molecular weight is 1680 g/mol. The lowest BCUT2D eigenvalue weighted by molar-refractivity contribution is -0.148. The number of H-pyrrole nitrogens is 2. The smallest absolute Gasteiger partial charge is 0.328 e. The molecule has 0 unspecified atom stereocenters. The molecule has 0 bridgehead atoms. The predicted octanol–water partition coefficient (Wildman–Crippen LogP) is -9.91. The van der Waals surface area contributed by atoms with Gasteiger partial charge >= 0.3 is 11.9 Å². The quantitative estimate of drug-likeness (QED) is 0.0250. The Morgan fingerprint density at radius 2 is 0.916 bits per heavy atom. The summed E-state index contributed by atoms with van der Waals surface area (Å²) in [5.74, 6) is -24.5. The highest BCUT2D eigenvalue weighted by Crippen LogP contribution is 2.25. The number of hydrogen-bond acceptors (Lipinski definition) is 25. The van der Waals surface area contributed by atoms with E-state index in [4.69, 9.17) is 22.9 Å². The van der Waals surface area contributed by atoms with Gasteiger partial charge < -0.3 is 137 Å². The summed E-state index contributed by atoms with van der Waals surface area (Å²) in [4.78, 5) is 270. The molecule has 0 saturated carbocycles. The maximum Gasteiger partial charge on any atom is 0.328 e. The minimum Gasteiger partial charge on any atom is -0.481 e. The van der Waals surface area contributed by atoms with Crippen LogP contribution in [-0.2, 0) is 104 Å². The largest absolute Gasteiger partial charge is 0.481 e. The number of carboxylic acid groups (broad SMARTS) is 2. The first-order chi connectivity index (χ1) is 56.0. The zero-order valence-electron chi connectivity index (χ0n) is 66.6. The minimum atomic E-state index is -2.03. The van der Waals surface area contributed by atoms with Gasteiger partial charge in [-0.1, -0.05) is 66.2 Å². The number of aliphatic hydroxyl groups excluding tert-OH is 4. The highest BCUT2D eigenvalue weighted by Gasteiger charge is 2.45. The van der Waals surface area contributed by atoms with Crippen LogP contribution in [0, 0.1) is 17.8 Å². The van der Waals surface area contributed by atoms with Crippen LogP contribution in [0.2, 0.25) is 0 Å². The van der Waals surface area contributed by atoms with E-state index in [0.29, 0.717) is 28.6 Å². The number of likely N-dealkylation sites (tertiary alicyclic amines) is 2. The van der Waals surface area contributed by atoms with Gasteiger partial charge in [-0.3, -0.25) is 86.3 Å². The van der Waals surface area contributed by atoms with Crippen LogP contribution in [0.25, 0.3) is 10.9 Å². The normalized spacial score (nSPS) is 17.7. The third-order valence-corrected chi connectivity index (χ3v) is 19.7. The summed E-state index contributed by atoms with van der Waals surface area (Å²) in [6, 6.07) is -19.1. The number of carbonyl (C=O) groups is 19. The van der Waals surface area contributed by atoms with Gasteiger partial charge in [0.25, 0.3) is 0 Å². The maximum atomic E-state index is 14.8. The second-order valence-electron chi connectivity index (χ2n) is 29.8. The number of primary amides is 3. The van der Waals surface area contributed by atoms with E-state index >= 15 is 0 Å². The number of para-hydroxylation sites is 1. The Kier molecular flexibility index (Phi) is 37.6. The molecule has 2 fully saturated rings. The van der Waals surface area contributed by atoms with Crippen molar-refractivity contribution in [2.75, 3.05) is 32.9 Å². The number of aliphatic hydroxyl groups is 4. The number of carbonyl (C=O) groups excluding carboxylic acids is 17. The van der Waals surface area contributed by atoms with E-state index in [-0.39, 0.29) is 51.6 Å². The molecule has 2 saturated heterocycles. The van der Waals surface area contributed by atoms with Crippen LogP contribution in [-0.4, -0.2) is 297 Å². The second-order valence-corrected chi connectivity index (χ2v) is 29.8. The van der Waals surface area contributed by atoms with Gasteiger partial charge in [-0.2, -0.15) is 0 Å². The molecule has 4 heterocycles. The molecule has 0 spiro atoms. The number of benzene rings is 1. The number of hydrogen-bond donors (Lipinski definition) is 24. The van der Waals surface area contributed by atoms with Gasteiger partial charge in [-0.25, -0.2) is 9.78 Å². The van der Waals surface area contributed by atoms with Crippen molar-refractivity contribution in [3.63, 3.8) is 0 Å². The number of nitrogens with two attached hydrogens (primary N) is 4. The van der Waals surface area contributed by atoms with Gasteiger partial charge in [0.2, 0.25) is 100 Å². The molecule has 2 aromatic heterocycles. The SMILES string of the molecule is CC[C@H](C)[C@H](NC(=O)[C@@H](N)Cc1cnc[nH]1)C(=O)N[C@H](C(=O)N[C@@H](CC(N)=O)C(=O)N[C@@H](Cc1c[nH]c2ccccc12)C(=O)N[C@@H](CC(N)=O)C(=O)N[C@@H](CC(C)C)C(=O)N[C@@H](CO)C(=O)N[C@@H](CC(N)=O)C(=O)N1CCC[C@H]1C(=O)N[C@@H](CC(=O)O)C(=O)N1CCC[C@H]1C(=O)N[C@H](C(=O)N[C@@H](CO)C(=O)N[C@@H](CO)C(=O)O)[C@@H](C)O)C(C)C. The number of nitrogens with zero attached hydrogens (tertiary/aromatic N) is 3. The third-order valence-electron chi connectivity index (χ3n) is 19.7. The van der Waals surface area contributed by atoms with Gasteiger partial charge in [-0.05, 0) is 68.4 Å². The fourth-order valence-corrected chi connectivity index (χ4v) is 13.2. The first-order valence-corrected chi connectivity index (χ1v) is 38.4. The standard InChI is InChI=1S/C73H109N21O25/c1-8-34(6)57(91-59(104)39(74)21-37-27-78-31-80-37)69(114)90-56(33(4)5)68(113)84-44(23-53(76)100)63(108)82-42(20-36-26-79-40-14-10-9-13-38(36)40)61(106)83-43(22-52(75)99)62(107)81-41(19-32(2)3)60(105)87-47(28-95)64(109)85-45(24-54(77)101)71(116)93-17-11-15-50(93)66(111)86-46(25-55(102)103)72(117)94-18-12-16-51(94)67(112)92-58(35(7)98)70(115)88-48(29-96)65(110)89-49(30-97)73(118)119/h9-10,13-14,26-27,31-35,39,41-51,56-58,79,95-98H,8,11-12,15-25,28-30,74H2,1-7H3,(H2,75,99)(H2,76,100)(H2,77,101)(H,78,80)(H,81,107)(H,82,108)(H,83,106)(H,84,113)(H,85,109)(H,86,111)(H,87,105)(H,88,115)(H,89,110)(H,90,114)(H,91,104)(H,92,112)(H,102,103)(H,118,119)/t34-,35+,39-,41-,42-,43-,44-,45-,46-,47-,48-,49-,50-,51-,56-,57-,58-/m0/s1. The molecule has 46 heteroatoms. The number of carboxylic acids is 2. The zero-order valence-corrected chi connectivity index (χ0v) is 66.6. The van der Waals surface area contributed by atoms with E-state index in [1.807, 2.05) is 10.6 Å². The second kappa shape index (κ2) is 46.0. The molecule has 3 aromatic rings. The van der Waals surface area contributed by atoms with E-state index in [0.717, 1.165) is 16.7 Å². The molecule has 46 nitrogen and oxygen atoms in total. The van der Waals surface area contributed by atoms with Crippen molar-refractivity contribution < 1.29 is 122 Å². The van der Waals surface area contributed by atoms with Crippen molar-refractivity contribution in [1.82, 2.24) is 88.6 Å². The Labute approximate surface area is 681 Å². The van der Waals surface area contributed by atoms with Crippen LogP contribution >= 0.6 is 0 Å². The van der Waals surface area contributed by atoms with Gasteiger partial charge in [0, 0.05) is 54.9 Å². The fourth-order valence-electron chi connectivity index (χ4n) is 13.2. The van der Waals surface area contributed by atoms with Crippen LogP contribution in [0.3, 0.4) is 0 Å². The third kappa shape index (κ3) is 28.8. The molecule has 119 heavy (non-hydrogen) atoms. The fraction of sp³-hybridized carbons (Fsp3) is 0.589. The van der Waals surface area contributed by atoms with Gasteiger partial charge in [-0.15, -0.1) is 0 Å². The highest BCUT2D eigenvalue weighted by molar-refractivity contribution is 6.03. The summed E-state index contributed by atoms with van der Waals surface area (Å²) in [5.41, 5.74) is 24.4. The molecule has 17 atom stereocenters. The van der Waals surface area contributed by atoms with E-state index in [9.17, 15) is 122 Å². The van der Waals surface area contributed by atoms with Crippen LogP contribution in [0.15, 0.2) is 43.0 Å². The molecular formula is C73H109N21O25. The molecule has 0 aliphatic carbocycles. The lowest BCUT2D eigenvalue weighted by Crippen LogP contribution is -2.62. The number of aromatic amines is 2. The van der Waals surface area contributed by atoms with Crippen LogP contribution in [0.1, 0.15) is 124 Å². The Morgan fingerprint density at radius 1 is 0.487 bits per heavy atom. The summed E-state index contributed by atoms with van der Waals surface area (Å²) in [6.07, 6.45) is -1.79. The molecule has 0 radical (unpaired) electrons. The summed E-state index contributed by atoms with van der Waals surface area (Å²) in [7, 11) is 0. The van der Waals surface area contributed by atoms with E-state index in [1.54, 1.807) is 65.8 Å². The predicted molar refractivity (Wildman–Crippen MR) is 413 cm³/mol. The monoisotopic (exact) mass is 1680 g/mol. The van der Waals surface area contributed by atoms with Crippen molar-refractivity contribution in [1.29, 1.82) is 0 Å². The van der Waals surface area contributed by atoms with Crippen LogP contribution < -0.4 is 86.7 Å². The number of imidazole rings is 1. The topological polar surface area (TPSA) is 745 Å². The summed E-state index contributed by atoms with van der Waals surface area (Å²) < 4.78 is 0. The van der Waals surface area contributed by atoms with Crippen molar-refractivity contribution in [2.24, 2.45) is 40.7 Å². The first kappa shape index (κ1) is 97.3. The Bertz CT molecular complexity index is 4160. The highest BCUT2D eigenvalue weighted by atomic mass is 16.4. The molecule has 1 aromatic carbocycles. The molecular weight excluding hydrogens is 1570 g/mol. The Hall–Kier alpha value is -12.3. The molecule has 2 aliphatic heterocycles. The van der Waals surface area contributed by atoms with Gasteiger partial charge in [0.05, 0.1) is 64.0 Å². The summed E-state index contributed by atoms with van der Waals surface area (Å²) in [6.45, 7) is 6.82. The average Bonchev–Trinajstić information content (AvgIpc) is 1.70. The summed E-state index contributed by atoms with van der Waals surface area (Å²) in [5, 5.41) is 87.9. The molecule has 2 aliphatic rings. The number of aromatic nitrogens is 3. The Morgan fingerprint density at radius 3 is 1.40 bits per heavy atom. The van der Waals surface area contributed by atoms with Crippen LogP contribution in [0.4, 0.5) is 0 Å². The van der Waals surface area contributed by atoms with Crippen molar-refractivity contribution in [2.45, 2.75) is 222 Å². The number of nitrogens with one attached hydrogen (secondary N) is 14. The number of aliphatic carboxylic acids is 2. The number of fused-ring (bicyclic) bond motifs is 1. The molecule has 17 amide bonds. The van der Waals surface area contributed by atoms with Crippen molar-refractivity contribution in [3.8, 4) is 0 Å². The lowest BCUT2D eigenvalue weighted by Gasteiger charge is -2.32. The van der Waals surface area contributed by atoms with E-state index < -0.39 is 279 Å². The van der Waals surface area contributed by atoms with Crippen LogP contribution in [0.5, 0.6) is 0 Å². The van der Waals surface area contributed by atoms with Gasteiger partial charge in [0.1, 0.15) is 84.6 Å². The lowest BCUT2D eigenvalue weighted by atomic mass is 9.95. The maximum absolute atomic E-state index is 14.8. The Balaban J connectivity index is 1.32. The molecule has 656 valence electrons. The van der Waals surface area contributed by atoms with Crippen molar-refractivity contribution in [3.05, 3.63) is 54.2 Å². The molecule has 28 N–H and O–H groups in total.